The zero-order chi connectivity index (χ0) is 23.1. The van der Waals surface area contributed by atoms with Gasteiger partial charge in [0.1, 0.15) is 0 Å². The smallest absolute Gasteiger partial charge is 0.243 e. The number of sulfonamides is 1. The molecule has 1 aliphatic rings. The van der Waals surface area contributed by atoms with Crippen molar-refractivity contribution in [1.82, 2.24) is 9.62 Å². The molecule has 1 fully saturated rings. The summed E-state index contributed by atoms with van der Waals surface area (Å²) in [4.78, 5) is 0.322. The summed E-state index contributed by atoms with van der Waals surface area (Å²) < 4.78 is 26.9. The number of thiocarbonyl (C=S) groups is 1. The topological polar surface area (TPSA) is 61.4 Å². The molecule has 1 aliphatic heterocycles. The molecule has 1 heterocycles. The molecule has 0 saturated carbocycles. The number of hydrogen-bond acceptors (Lipinski definition) is 3. The molecule has 3 aromatic carbocycles. The third kappa shape index (κ3) is 5.99. The summed E-state index contributed by atoms with van der Waals surface area (Å²) >= 11 is 5.47. The lowest BCUT2D eigenvalue weighted by molar-refractivity contribution is 0.477. The maximum atomic E-state index is 12.7. The van der Waals surface area contributed by atoms with Crippen LogP contribution in [0.1, 0.15) is 36.3 Å². The second kappa shape index (κ2) is 10.9. The summed E-state index contributed by atoms with van der Waals surface area (Å²) in [6, 6.07) is 27.8. The molecule has 7 heteroatoms. The highest BCUT2D eigenvalue weighted by atomic mass is 32.2. The van der Waals surface area contributed by atoms with Crippen molar-refractivity contribution in [2.75, 3.05) is 25.0 Å². The summed E-state index contributed by atoms with van der Waals surface area (Å²) in [5.41, 5.74) is 3.31. The molecular weight excluding hydrogens is 450 g/mol. The minimum atomic E-state index is -3.40. The minimum absolute atomic E-state index is 0.276. The predicted molar refractivity (Wildman–Crippen MR) is 138 cm³/mol. The summed E-state index contributed by atoms with van der Waals surface area (Å²) in [7, 11) is -3.40. The van der Waals surface area contributed by atoms with Crippen LogP contribution in [-0.2, 0) is 10.0 Å². The summed E-state index contributed by atoms with van der Waals surface area (Å²) in [5, 5.41) is 6.96. The van der Waals surface area contributed by atoms with Gasteiger partial charge in [-0.2, -0.15) is 4.31 Å². The van der Waals surface area contributed by atoms with E-state index in [0.29, 0.717) is 29.6 Å². The lowest BCUT2D eigenvalue weighted by Gasteiger charge is -2.19. The van der Waals surface area contributed by atoms with Crippen molar-refractivity contribution < 1.29 is 8.42 Å². The average Bonchev–Trinajstić information content (AvgIpc) is 3.39. The average molecular weight is 480 g/mol. The van der Waals surface area contributed by atoms with E-state index < -0.39 is 10.0 Å². The number of nitrogens with one attached hydrogen (secondary N) is 2. The van der Waals surface area contributed by atoms with Gasteiger partial charge in [0.05, 0.1) is 4.90 Å². The van der Waals surface area contributed by atoms with Crippen molar-refractivity contribution in [2.45, 2.75) is 30.1 Å². The van der Waals surface area contributed by atoms with E-state index in [1.54, 1.807) is 28.6 Å². The van der Waals surface area contributed by atoms with E-state index in [0.717, 1.165) is 24.9 Å². The lowest BCUT2D eigenvalue weighted by atomic mass is 9.88. The highest BCUT2D eigenvalue weighted by Gasteiger charge is 2.26. The van der Waals surface area contributed by atoms with Gasteiger partial charge in [0.25, 0.3) is 0 Å². The molecule has 2 N–H and O–H groups in total. The van der Waals surface area contributed by atoms with Crippen molar-refractivity contribution in [1.29, 1.82) is 0 Å². The summed E-state index contributed by atoms with van der Waals surface area (Å²) in [6.45, 7) is 1.91. The van der Waals surface area contributed by atoms with Crippen molar-refractivity contribution in [3.8, 4) is 0 Å². The minimum Gasteiger partial charge on any atom is -0.362 e. The fourth-order valence-corrected chi connectivity index (χ4v) is 5.93. The van der Waals surface area contributed by atoms with Crippen LogP contribution in [-0.4, -0.2) is 37.5 Å². The van der Waals surface area contributed by atoms with E-state index >= 15 is 0 Å². The molecule has 5 nitrogen and oxygen atoms in total. The fraction of sp³-hybridized carbons (Fsp3) is 0.269. The van der Waals surface area contributed by atoms with Gasteiger partial charge >= 0.3 is 0 Å². The van der Waals surface area contributed by atoms with Gasteiger partial charge in [-0.05, 0) is 66.9 Å². The Hall–Kier alpha value is -2.74. The Morgan fingerprint density at radius 2 is 1.39 bits per heavy atom. The van der Waals surface area contributed by atoms with Crippen LogP contribution >= 0.6 is 12.2 Å². The van der Waals surface area contributed by atoms with Crippen LogP contribution in [0.4, 0.5) is 5.69 Å². The predicted octanol–water partition coefficient (Wildman–Crippen LogP) is 4.98. The van der Waals surface area contributed by atoms with E-state index in [9.17, 15) is 8.42 Å². The Kier molecular flexibility index (Phi) is 7.75. The van der Waals surface area contributed by atoms with Crippen LogP contribution < -0.4 is 10.6 Å². The first-order chi connectivity index (χ1) is 16.0. The molecule has 4 rings (SSSR count). The fourth-order valence-electron chi connectivity index (χ4n) is 4.19. The van der Waals surface area contributed by atoms with Crippen molar-refractivity contribution in [3.05, 3.63) is 96.1 Å². The highest BCUT2D eigenvalue weighted by molar-refractivity contribution is 7.89. The third-order valence-corrected chi connectivity index (χ3v) is 8.10. The van der Waals surface area contributed by atoms with Crippen LogP contribution in [0, 0.1) is 0 Å². The van der Waals surface area contributed by atoms with Crippen molar-refractivity contribution in [2.24, 2.45) is 0 Å². The maximum absolute atomic E-state index is 12.7. The second-order valence-corrected chi connectivity index (χ2v) is 10.5. The van der Waals surface area contributed by atoms with Gasteiger partial charge in [-0.1, -0.05) is 60.7 Å². The third-order valence-electron chi connectivity index (χ3n) is 5.94. The van der Waals surface area contributed by atoms with Crippen molar-refractivity contribution in [3.63, 3.8) is 0 Å². The summed E-state index contributed by atoms with van der Waals surface area (Å²) in [5.74, 6) is 0.276. The molecule has 1 saturated heterocycles. The SMILES string of the molecule is O=S(=O)(c1ccc(NC(=S)NCCC(c2ccccc2)c2ccccc2)cc1)N1CCCC1. The van der Waals surface area contributed by atoms with Crippen molar-refractivity contribution >= 4 is 33.0 Å². The van der Waals surface area contributed by atoms with E-state index in [2.05, 4.69) is 59.2 Å². The standard InChI is InChI=1S/C26H29N3O2S2/c30-33(31,29-19-7-8-20-29)24-15-13-23(14-16-24)28-26(32)27-18-17-25(21-9-3-1-4-10-21)22-11-5-2-6-12-22/h1-6,9-16,25H,7-8,17-20H2,(H2,27,28,32). The van der Waals surface area contributed by atoms with Gasteiger partial charge in [0.2, 0.25) is 10.0 Å². The van der Waals surface area contributed by atoms with Crippen LogP contribution in [0.25, 0.3) is 0 Å². The number of hydrogen-bond donors (Lipinski definition) is 2. The van der Waals surface area contributed by atoms with Gasteiger partial charge in [-0.15, -0.1) is 0 Å². The maximum Gasteiger partial charge on any atom is 0.243 e. The highest BCUT2D eigenvalue weighted by Crippen LogP contribution is 2.27. The normalized spacial score (nSPS) is 14.3. The molecule has 0 unspecified atom stereocenters. The number of anilines is 1. The Morgan fingerprint density at radius 1 is 0.848 bits per heavy atom. The number of benzene rings is 3. The Balaban J connectivity index is 1.33. The number of nitrogens with zero attached hydrogens (tertiary/aromatic N) is 1. The largest absolute Gasteiger partial charge is 0.362 e. The first-order valence-electron chi connectivity index (χ1n) is 11.3. The monoisotopic (exact) mass is 479 g/mol. The van der Waals surface area contributed by atoms with Crippen LogP contribution in [0.3, 0.4) is 0 Å². The van der Waals surface area contributed by atoms with E-state index in [4.69, 9.17) is 12.2 Å². The van der Waals surface area contributed by atoms with E-state index in [1.807, 2.05) is 12.1 Å². The van der Waals surface area contributed by atoms with Gasteiger partial charge in [0, 0.05) is 31.2 Å². The Morgan fingerprint density at radius 3 is 1.94 bits per heavy atom. The molecule has 0 spiro atoms. The van der Waals surface area contributed by atoms with Crippen LogP contribution in [0.2, 0.25) is 0 Å². The van der Waals surface area contributed by atoms with Crippen LogP contribution in [0.5, 0.6) is 0 Å². The number of rotatable bonds is 8. The molecule has 0 amide bonds. The molecule has 0 aromatic heterocycles. The zero-order valence-corrected chi connectivity index (χ0v) is 20.1. The van der Waals surface area contributed by atoms with Crippen LogP contribution in [0.15, 0.2) is 89.8 Å². The first-order valence-corrected chi connectivity index (χ1v) is 13.1. The molecule has 172 valence electrons. The molecule has 3 aromatic rings. The second-order valence-electron chi connectivity index (χ2n) is 8.18. The molecule has 0 aliphatic carbocycles. The molecule has 0 radical (unpaired) electrons. The molecule has 0 bridgehead atoms. The summed E-state index contributed by atoms with van der Waals surface area (Å²) in [6.07, 6.45) is 2.74. The Bertz CT molecular complexity index is 1110. The molecular formula is C26H29N3O2S2. The quantitative estimate of drug-likeness (QED) is 0.446. The van der Waals surface area contributed by atoms with Gasteiger partial charge in [0.15, 0.2) is 5.11 Å². The van der Waals surface area contributed by atoms with Gasteiger partial charge in [-0.25, -0.2) is 8.42 Å². The Labute approximate surface area is 201 Å². The molecule has 33 heavy (non-hydrogen) atoms. The van der Waals surface area contributed by atoms with E-state index in [1.165, 1.54) is 11.1 Å². The van der Waals surface area contributed by atoms with Gasteiger partial charge < -0.3 is 10.6 Å². The lowest BCUT2D eigenvalue weighted by Crippen LogP contribution is -2.30. The molecule has 0 atom stereocenters. The first kappa shape index (κ1) is 23.4. The van der Waals surface area contributed by atoms with E-state index in [-0.39, 0.29) is 5.92 Å². The van der Waals surface area contributed by atoms with Gasteiger partial charge in [-0.3, -0.25) is 0 Å². The zero-order valence-electron chi connectivity index (χ0n) is 18.5.